The van der Waals surface area contributed by atoms with Crippen molar-refractivity contribution in [1.29, 1.82) is 10.5 Å². The number of nitrogens with zero attached hydrogens (tertiary/aromatic N) is 2. The van der Waals surface area contributed by atoms with Crippen LogP contribution in [0.5, 0.6) is 0 Å². The molecule has 4 heteroatoms. The molecule has 0 aliphatic heterocycles. The third-order valence-electron chi connectivity index (χ3n) is 1.63. The molecule has 1 N–H and O–H groups in total. The van der Waals surface area contributed by atoms with Gasteiger partial charge < -0.3 is 0 Å². The second-order valence-corrected chi connectivity index (χ2v) is 2.64. The summed E-state index contributed by atoms with van der Waals surface area (Å²) >= 11 is 0. The number of hydroxylamine groups is 1. The Morgan fingerprint density at radius 2 is 1.79 bits per heavy atom. The van der Waals surface area contributed by atoms with E-state index in [4.69, 9.17) is 15.4 Å². The quantitative estimate of drug-likeness (QED) is 0.719. The van der Waals surface area contributed by atoms with E-state index in [1.807, 2.05) is 12.1 Å². The molecule has 0 atom stereocenters. The van der Waals surface area contributed by atoms with Crippen molar-refractivity contribution in [1.82, 2.24) is 5.48 Å². The lowest BCUT2D eigenvalue weighted by Crippen LogP contribution is -2.07. The monoisotopic (exact) mass is 187 g/mol. The van der Waals surface area contributed by atoms with E-state index in [9.17, 15) is 0 Å². The molecule has 0 saturated heterocycles. The first-order chi connectivity index (χ1) is 6.80. The molecule has 14 heavy (non-hydrogen) atoms. The van der Waals surface area contributed by atoms with Crippen LogP contribution >= 0.6 is 0 Å². The Labute approximate surface area is 82.3 Å². The highest BCUT2D eigenvalue weighted by Gasteiger charge is 2.00. The molecule has 0 aromatic heterocycles. The van der Waals surface area contributed by atoms with Gasteiger partial charge in [-0.1, -0.05) is 0 Å². The first-order valence-electron chi connectivity index (χ1n) is 4.03. The topological polar surface area (TPSA) is 68.8 Å². The number of hydrogen-bond acceptors (Lipinski definition) is 4. The Hall–Kier alpha value is -1.88. The zero-order chi connectivity index (χ0) is 10.4. The fraction of sp³-hybridized carbons (Fsp3) is 0.200. The predicted molar refractivity (Wildman–Crippen MR) is 49.7 cm³/mol. The summed E-state index contributed by atoms with van der Waals surface area (Å²) in [5.41, 5.74) is 4.27. The van der Waals surface area contributed by atoms with E-state index in [1.165, 1.54) is 0 Å². The maximum atomic E-state index is 8.69. The third-order valence-corrected chi connectivity index (χ3v) is 1.63. The average molecular weight is 187 g/mol. The van der Waals surface area contributed by atoms with Gasteiger partial charge in [0.1, 0.15) is 0 Å². The van der Waals surface area contributed by atoms with Crippen molar-refractivity contribution in [2.24, 2.45) is 0 Å². The van der Waals surface area contributed by atoms with Gasteiger partial charge in [-0.25, -0.2) is 5.48 Å². The molecule has 70 valence electrons. The number of benzene rings is 1. The Morgan fingerprint density at radius 3 is 2.21 bits per heavy atom. The van der Waals surface area contributed by atoms with Gasteiger partial charge in [0, 0.05) is 7.05 Å². The zero-order valence-corrected chi connectivity index (χ0v) is 7.74. The minimum atomic E-state index is 0.334. The summed E-state index contributed by atoms with van der Waals surface area (Å²) in [6.45, 7) is 0.334. The van der Waals surface area contributed by atoms with Crippen LogP contribution in [0.3, 0.4) is 0 Å². The van der Waals surface area contributed by atoms with Crippen molar-refractivity contribution in [3.05, 3.63) is 34.9 Å². The van der Waals surface area contributed by atoms with Crippen LogP contribution in [0.15, 0.2) is 18.2 Å². The van der Waals surface area contributed by atoms with Crippen LogP contribution in [0.4, 0.5) is 0 Å². The van der Waals surface area contributed by atoms with Crippen LogP contribution in [0.2, 0.25) is 0 Å². The van der Waals surface area contributed by atoms with Crippen LogP contribution in [-0.4, -0.2) is 7.05 Å². The van der Waals surface area contributed by atoms with Gasteiger partial charge in [0.25, 0.3) is 0 Å². The third kappa shape index (κ3) is 2.56. The second-order valence-electron chi connectivity index (χ2n) is 2.64. The first kappa shape index (κ1) is 10.2. The smallest absolute Gasteiger partial charge is 0.0992 e. The average Bonchev–Trinajstić information content (AvgIpc) is 2.25. The van der Waals surface area contributed by atoms with E-state index < -0.39 is 0 Å². The predicted octanol–water partition coefficient (Wildman–Crippen LogP) is 1.08. The lowest BCUT2D eigenvalue weighted by Gasteiger charge is -2.02. The molecule has 0 radical (unpaired) electrons. The molecular weight excluding hydrogens is 178 g/mol. The van der Waals surface area contributed by atoms with E-state index in [0.717, 1.165) is 5.56 Å². The molecule has 4 nitrogen and oxygen atoms in total. The number of nitrogens with one attached hydrogen (secondary N) is 1. The van der Waals surface area contributed by atoms with Crippen LogP contribution in [-0.2, 0) is 11.4 Å². The molecule has 0 bridgehead atoms. The molecule has 0 aliphatic rings. The van der Waals surface area contributed by atoms with E-state index in [1.54, 1.807) is 25.2 Å². The summed E-state index contributed by atoms with van der Waals surface area (Å²) in [6.07, 6.45) is 0. The lowest BCUT2D eigenvalue weighted by atomic mass is 10.1. The van der Waals surface area contributed by atoms with E-state index in [-0.39, 0.29) is 0 Å². The molecule has 0 aliphatic carbocycles. The lowest BCUT2D eigenvalue weighted by molar-refractivity contribution is 0.0444. The number of nitriles is 2. The van der Waals surface area contributed by atoms with Gasteiger partial charge >= 0.3 is 0 Å². The minimum absolute atomic E-state index is 0.334. The Bertz CT molecular complexity index is 369. The first-order valence-corrected chi connectivity index (χ1v) is 4.03. The second kappa shape index (κ2) is 4.98. The maximum absolute atomic E-state index is 8.69. The van der Waals surface area contributed by atoms with Crippen molar-refractivity contribution in [2.75, 3.05) is 7.05 Å². The fourth-order valence-corrected chi connectivity index (χ4v) is 1.06. The minimum Gasteiger partial charge on any atom is -0.297 e. The summed E-state index contributed by atoms with van der Waals surface area (Å²) in [5, 5.41) is 17.4. The Kier molecular flexibility index (Phi) is 3.63. The maximum Gasteiger partial charge on any atom is 0.0992 e. The highest BCUT2D eigenvalue weighted by molar-refractivity contribution is 5.42. The molecular formula is C10H9N3O. The summed E-state index contributed by atoms with van der Waals surface area (Å²) in [6, 6.07) is 8.91. The van der Waals surface area contributed by atoms with E-state index >= 15 is 0 Å². The molecule has 0 fully saturated rings. The van der Waals surface area contributed by atoms with Crippen LogP contribution < -0.4 is 5.48 Å². The molecule has 1 rings (SSSR count). The van der Waals surface area contributed by atoms with E-state index in [0.29, 0.717) is 17.7 Å². The SMILES string of the molecule is CNOCc1cc(C#N)cc(C#N)c1. The Morgan fingerprint density at radius 1 is 1.21 bits per heavy atom. The molecule has 0 heterocycles. The van der Waals surface area contributed by atoms with Crippen LogP contribution in [0.25, 0.3) is 0 Å². The van der Waals surface area contributed by atoms with Gasteiger partial charge in [0.2, 0.25) is 0 Å². The zero-order valence-electron chi connectivity index (χ0n) is 7.74. The fourth-order valence-electron chi connectivity index (χ4n) is 1.06. The summed E-state index contributed by atoms with van der Waals surface area (Å²) in [7, 11) is 1.65. The van der Waals surface area contributed by atoms with Crippen molar-refractivity contribution in [3.8, 4) is 12.1 Å². The number of hydrogen-bond donors (Lipinski definition) is 1. The van der Waals surface area contributed by atoms with Crippen molar-refractivity contribution < 1.29 is 4.84 Å². The van der Waals surface area contributed by atoms with Crippen molar-refractivity contribution in [2.45, 2.75) is 6.61 Å². The van der Waals surface area contributed by atoms with Crippen molar-refractivity contribution in [3.63, 3.8) is 0 Å². The molecule has 0 saturated carbocycles. The summed E-state index contributed by atoms with van der Waals surface area (Å²) in [5.74, 6) is 0. The summed E-state index contributed by atoms with van der Waals surface area (Å²) < 4.78 is 0. The van der Waals surface area contributed by atoms with Gasteiger partial charge in [-0.2, -0.15) is 10.5 Å². The van der Waals surface area contributed by atoms with Gasteiger partial charge in [0.05, 0.1) is 29.9 Å². The van der Waals surface area contributed by atoms with Gasteiger partial charge in [-0.3, -0.25) is 4.84 Å². The number of rotatable bonds is 3. The molecule has 0 amide bonds. The normalized spacial score (nSPS) is 9.07. The molecule has 1 aromatic carbocycles. The van der Waals surface area contributed by atoms with Crippen LogP contribution in [0, 0.1) is 22.7 Å². The summed E-state index contributed by atoms with van der Waals surface area (Å²) in [4.78, 5) is 4.95. The highest BCUT2D eigenvalue weighted by atomic mass is 16.6. The Balaban J connectivity index is 2.95. The molecule has 1 aromatic rings. The van der Waals surface area contributed by atoms with Crippen molar-refractivity contribution >= 4 is 0 Å². The van der Waals surface area contributed by atoms with Gasteiger partial charge in [-0.15, -0.1) is 0 Å². The van der Waals surface area contributed by atoms with Crippen LogP contribution in [0.1, 0.15) is 16.7 Å². The standard InChI is InChI=1S/C10H9N3O/c1-13-14-7-10-3-8(5-11)2-9(4-10)6-12/h2-4,13H,7H2,1H3. The highest BCUT2D eigenvalue weighted by Crippen LogP contribution is 2.09. The molecule has 0 spiro atoms. The van der Waals surface area contributed by atoms with E-state index in [2.05, 4.69) is 5.48 Å². The molecule has 0 unspecified atom stereocenters. The van der Waals surface area contributed by atoms with Gasteiger partial charge in [0.15, 0.2) is 0 Å². The van der Waals surface area contributed by atoms with Gasteiger partial charge in [-0.05, 0) is 23.8 Å². The largest absolute Gasteiger partial charge is 0.297 e.